The van der Waals surface area contributed by atoms with Gasteiger partial charge in [0.25, 0.3) is 5.91 Å². The van der Waals surface area contributed by atoms with Crippen molar-refractivity contribution in [2.24, 2.45) is 0 Å². The van der Waals surface area contributed by atoms with E-state index in [-0.39, 0.29) is 5.91 Å². The number of likely N-dealkylation sites (N-methyl/N-ethyl adjacent to an activating group) is 1. The summed E-state index contributed by atoms with van der Waals surface area (Å²) in [7, 11) is 0. The number of aromatic nitrogens is 2. The summed E-state index contributed by atoms with van der Waals surface area (Å²) < 4.78 is 0. The maximum absolute atomic E-state index is 12.8. The molecule has 0 spiro atoms. The van der Waals surface area contributed by atoms with E-state index >= 15 is 0 Å². The molecule has 2 aromatic rings. The second kappa shape index (κ2) is 8.47. The number of anilines is 1. The quantitative estimate of drug-likeness (QED) is 0.873. The zero-order valence-corrected chi connectivity index (χ0v) is 16.0. The summed E-state index contributed by atoms with van der Waals surface area (Å²) in [5, 5.41) is 3.95. The van der Waals surface area contributed by atoms with Crippen LogP contribution < -0.4 is 5.32 Å². The van der Waals surface area contributed by atoms with Crippen molar-refractivity contribution in [1.82, 2.24) is 19.8 Å². The van der Waals surface area contributed by atoms with Crippen molar-refractivity contribution >= 4 is 23.3 Å². The molecule has 1 aromatic carbocycles. The fourth-order valence-corrected chi connectivity index (χ4v) is 3.23. The van der Waals surface area contributed by atoms with E-state index in [1.807, 2.05) is 29.2 Å². The Labute approximate surface area is 159 Å². The van der Waals surface area contributed by atoms with Crippen molar-refractivity contribution in [2.45, 2.75) is 20.4 Å². The van der Waals surface area contributed by atoms with Crippen molar-refractivity contribution < 1.29 is 4.79 Å². The van der Waals surface area contributed by atoms with Crippen molar-refractivity contribution in [3.63, 3.8) is 0 Å². The van der Waals surface area contributed by atoms with Crippen LogP contribution in [0.25, 0.3) is 0 Å². The lowest BCUT2D eigenvalue weighted by Crippen LogP contribution is -2.48. The molecule has 2 heterocycles. The van der Waals surface area contributed by atoms with Crippen molar-refractivity contribution in [2.75, 3.05) is 38.0 Å². The molecule has 138 valence electrons. The molecule has 0 bridgehead atoms. The highest BCUT2D eigenvalue weighted by Crippen LogP contribution is 2.17. The van der Waals surface area contributed by atoms with Gasteiger partial charge in [-0.1, -0.05) is 36.7 Å². The van der Waals surface area contributed by atoms with Crippen molar-refractivity contribution in [3.05, 3.63) is 52.4 Å². The molecule has 0 atom stereocenters. The molecule has 1 N–H and O–H groups in total. The Morgan fingerprint density at radius 2 is 1.92 bits per heavy atom. The average molecular weight is 374 g/mol. The average Bonchev–Trinajstić information content (AvgIpc) is 2.66. The summed E-state index contributed by atoms with van der Waals surface area (Å²) >= 11 is 6.19. The van der Waals surface area contributed by atoms with Gasteiger partial charge in [-0.05, 0) is 25.1 Å². The largest absolute Gasteiger partial charge is 0.366 e. The van der Waals surface area contributed by atoms with Gasteiger partial charge in [0.05, 0.1) is 0 Å². The van der Waals surface area contributed by atoms with Gasteiger partial charge in [-0.25, -0.2) is 9.97 Å². The molecular weight excluding hydrogens is 350 g/mol. The molecule has 26 heavy (non-hydrogen) atoms. The lowest BCUT2D eigenvalue weighted by molar-refractivity contribution is 0.0637. The first kappa shape index (κ1) is 18.6. The number of amides is 1. The third-order valence-electron chi connectivity index (χ3n) is 4.58. The Balaban J connectivity index is 1.69. The smallest absolute Gasteiger partial charge is 0.272 e. The van der Waals surface area contributed by atoms with Crippen LogP contribution in [-0.4, -0.2) is 58.4 Å². The van der Waals surface area contributed by atoms with Crippen LogP contribution in [0.15, 0.2) is 30.3 Å². The van der Waals surface area contributed by atoms with Crippen LogP contribution in [0.3, 0.4) is 0 Å². The summed E-state index contributed by atoms with van der Waals surface area (Å²) in [5.41, 5.74) is 1.41. The molecule has 0 saturated carbocycles. The molecule has 6 nitrogen and oxygen atoms in total. The van der Waals surface area contributed by atoms with Crippen LogP contribution in [0.1, 0.15) is 28.8 Å². The highest BCUT2D eigenvalue weighted by atomic mass is 35.5. The molecule has 1 amide bonds. The molecule has 0 aliphatic carbocycles. The van der Waals surface area contributed by atoms with E-state index in [1.54, 1.807) is 13.0 Å². The highest BCUT2D eigenvalue weighted by molar-refractivity contribution is 6.31. The van der Waals surface area contributed by atoms with Crippen LogP contribution >= 0.6 is 11.6 Å². The number of carbonyl (C=O) groups is 1. The molecule has 1 aliphatic rings. The Bertz CT molecular complexity index is 774. The number of carbonyl (C=O) groups excluding carboxylic acids is 1. The fourth-order valence-electron chi connectivity index (χ4n) is 3.02. The number of nitrogens with zero attached hydrogens (tertiary/aromatic N) is 4. The Kier molecular flexibility index (Phi) is 6.06. The van der Waals surface area contributed by atoms with E-state index in [0.29, 0.717) is 28.9 Å². The first-order chi connectivity index (χ1) is 12.6. The topological polar surface area (TPSA) is 61.4 Å². The predicted molar refractivity (Wildman–Crippen MR) is 104 cm³/mol. The summed E-state index contributed by atoms with van der Waals surface area (Å²) in [6.45, 7) is 8.78. The van der Waals surface area contributed by atoms with Crippen LogP contribution in [0.4, 0.5) is 5.82 Å². The monoisotopic (exact) mass is 373 g/mol. The van der Waals surface area contributed by atoms with Gasteiger partial charge in [0.2, 0.25) is 0 Å². The number of halogens is 1. The number of nitrogens with one attached hydrogen (secondary N) is 1. The molecule has 3 rings (SSSR count). The third kappa shape index (κ3) is 4.51. The summed E-state index contributed by atoms with van der Waals surface area (Å²) in [6, 6.07) is 9.38. The number of aryl methyl sites for hydroxylation is 1. The van der Waals surface area contributed by atoms with Crippen molar-refractivity contribution in [3.8, 4) is 0 Å². The number of rotatable bonds is 5. The summed E-state index contributed by atoms with van der Waals surface area (Å²) in [6.07, 6.45) is 0. The van der Waals surface area contributed by atoms with Crippen LogP contribution in [0.2, 0.25) is 5.02 Å². The van der Waals surface area contributed by atoms with E-state index < -0.39 is 0 Å². The number of piperazine rings is 1. The van der Waals surface area contributed by atoms with Gasteiger partial charge in [-0.15, -0.1) is 0 Å². The fraction of sp³-hybridized carbons (Fsp3) is 0.421. The Hall–Kier alpha value is -2.18. The van der Waals surface area contributed by atoms with E-state index in [1.165, 1.54) is 0 Å². The van der Waals surface area contributed by atoms with E-state index in [2.05, 4.69) is 27.1 Å². The van der Waals surface area contributed by atoms with Gasteiger partial charge < -0.3 is 15.1 Å². The maximum Gasteiger partial charge on any atom is 0.272 e. The maximum atomic E-state index is 12.8. The molecule has 1 fully saturated rings. The van der Waals surface area contributed by atoms with Gasteiger partial charge in [-0.2, -0.15) is 0 Å². The van der Waals surface area contributed by atoms with Gasteiger partial charge in [0.15, 0.2) is 0 Å². The highest BCUT2D eigenvalue weighted by Gasteiger charge is 2.23. The number of hydrogen-bond donors (Lipinski definition) is 1. The lowest BCUT2D eigenvalue weighted by Gasteiger charge is -2.33. The standard InChI is InChI=1S/C19H24ClN5O/c1-3-24-8-10-25(11-9-24)19(26)17-12-18(23-14(2)22-17)21-13-15-6-4-5-7-16(15)20/h4-7,12H,3,8-11,13H2,1-2H3,(H,21,22,23). The summed E-state index contributed by atoms with van der Waals surface area (Å²) in [4.78, 5) is 25.7. The van der Waals surface area contributed by atoms with E-state index in [4.69, 9.17) is 11.6 Å². The normalized spacial score (nSPS) is 15.1. The number of benzene rings is 1. The van der Waals surface area contributed by atoms with Gasteiger partial charge in [0, 0.05) is 43.8 Å². The Morgan fingerprint density at radius 3 is 2.62 bits per heavy atom. The van der Waals surface area contributed by atoms with E-state index in [0.717, 1.165) is 38.3 Å². The molecule has 1 saturated heterocycles. The molecular formula is C19H24ClN5O. The first-order valence-corrected chi connectivity index (χ1v) is 9.29. The molecule has 1 aliphatic heterocycles. The minimum absolute atomic E-state index is 0.0351. The second-order valence-corrected chi connectivity index (χ2v) is 6.76. The van der Waals surface area contributed by atoms with Gasteiger partial charge >= 0.3 is 0 Å². The van der Waals surface area contributed by atoms with Crippen LogP contribution in [0, 0.1) is 6.92 Å². The third-order valence-corrected chi connectivity index (χ3v) is 4.95. The second-order valence-electron chi connectivity index (χ2n) is 6.36. The molecule has 7 heteroatoms. The Morgan fingerprint density at radius 1 is 1.19 bits per heavy atom. The van der Waals surface area contributed by atoms with Crippen molar-refractivity contribution in [1.29, 1.82) is 0 Å². The molecule has 1 aromatic heterocycles. The summed E-state index contributed by atoms with van der Waals surface area (Å²) in [5.74, 6) is 1.17. The lowest BCUT2D eigenvalue weighted by atomic mass is 10.2. The number of hydrogen-bond acceptors (Lipinski definition) is 5. The SMILES string of the molecule is CCN1CCN(C(=O)c2cc(NCc3ccccc3Cl)nc(C)n2)CC1. The molecule has 0 unspecified atom stereocenters. The predicted octanol–water partition coefficient (Wildman–Crippen LogP) is 2.83. The minimum atomic E-state index is -0.0351. The van der Waals surface area contributed by atoms with Crippen LogP contribution in [-0.2, 0) is 6.54 Å². The van der Waals surface area contributed by atoms with Crippen LogP contribution in [0.5, 0.6) is 0 Å². The zero-order valence-electron chi connectivity index (χ0n) is 15.2. The van der Waals surface area contributed by atoms with E-state index in [9.17, 15) is 4.79 Å². The zero-order chi connectivity index (χ0) is 18.5. The van der Waals surface area contributed by atoms with Gasteiger partial charge in [-0.3, -0.25) is 4.79 Å². The van der Waals surface area contributed by atoms with Gasteiger partial charge in [0.1, 0.15) is 17.3 Å². The molecule has 0 radical (unpaired) electrons. The first-order valence-electron chi connectivity index (χ1n) is 8.91. The minimum Gasteiger partial charge on any atom is -0.366 e.